The molecule has 0 unspecified atom stereocenters. The van der Waals surface area contributed by atoms with Crippen LogP contribution in [0.3, 0.4) is 0 Å². The first kappa shape index (κ1) is 32.2. The van der Waals surface area contributed by atoms with Gasteiger partial charge in [0.15, 0.2) is 0 Å². The maximum atomic E-state index is 14.0. The van der Waals surface area contributed by atoms with E-state index in [9.17, 15) is 18.0 Å². The normalized spacial score (nSPS) is 12.8. The van der Waals surface area contributed by atoms with Gasteiger partial charge in [-0.05, 0) is 69.2 Å². The molecule has 0 radical (unpaired) electrons. The SMILES string of the molecule is CC[C@H](C)NC(=O)[C@@H](C)N(Cc1ccc(OC)cc1)C(=O)CN(c1cccc(Cl)c1Cl)S(=O)(=O)c1ccc(C)cc1. The number of hydrogen-bond acceptors (Lipinski definition) is 5. The minimum atomic E-state index is -4.26. The quantitative estimate of drug-likeness (QED) is 0.275. The second-order valence-corrected chi connectivity index (χ2v) is 12.4. The molecular weight excluding hydrogens is 585 g/mol. The van der Waals surface area contributed by atoms with Crippen molar-refractivity contribution in [3.63, 3.8) is 0 Å². The van der Waals surface area contributed by atoms with E-state index in [1.165, 1.54) is 29.2 Å². The van der Waals surface area contributed by atoms with E-state index < -0.39 is 28.5 Å². The van der Waals surface area contributed by atoms with Crippen LogP contribution in [0.25, 0.3) is 0 Å². The van der Waals surface area contributed by atoms with E-state index in [2.05, 4.69) is 5.32 Å². The molecule has 2 atom stereocenters. The highest BCUT2D eigenvalue weighted by molar-refractivity contribution is 7.92. The summed E-state index contributed by atoms with van der Waals surface area (Å²) < 4.78 is 34.1. The number of nitrogens with zero attached hydrogens (tertiary/aromatic N) is 2. The molecule has 0 aliphatic heterocycles. The lowest BCUT2D eigenvalue weighted by molar-refractivity contribution is -0.139. The molecule has 0 heterocycles. The standard InChI is InChI=1S/C30H35Cl2N3O5S/c1-6-21(3)33-30(37)22(4)34(18-23-12-14-24(40-5)15-13-23)28(36)19-35(27-9-7-8-26(31)29(27)32)41(38,39)25-16-10-20(2)11-17-25/h7-17,21-22H,6,18-19H2,1-5H3,(H,33,37)/t21-,22+/m0/s1. The molecule has 0 aliphatic rings. The molecule has 3 rings (SSSR count). The van der Waals surface area contributed by atoms with Gasteiger partial charge in [0.1, 0.15) is 18.3 Å². The molecule has 2 amide bonds. The summed E-state index contributed by atoms with van der Waals surface area (Å²) in [4.78, 5) is 28.5. The Balaban J connectivity index is 2.06. The minimum absolute atomic E-state index is 0.0121. The van der Waals surface area contributed by atoms with Crippen molar-refractivity contribution in [2.24, 2.45) is 0 Å². The first-order valence-electron chi connectivity index (χ1n) is 13.1. The van der Waals surface area contributed by atoms with Crippen LogP contribution < -0.4 is 14.4 Å². The number of sulfonamides is 1. The summed E-state index contributed by atoms with van der Waals surface area (Å²) >= 11 is 12.7. The van der Waals surface area contributed by atoms with Crippen molar-refractivity contribution in [2.45, 2.75) is 57.6 Å². The van der Waals surface area contributed by atoms with Gasteiger partial charge in [-0.1, -0.05) is 66.0 Å². The van der Waals surface area contributed by atoms with Crippen molar-refractivity contribution in [1.82, 2.24) is 10.2 Å². The molecule has 41 heavy (non-hydrogen) atoms. The third-order valence-electron chi connectivity index (χ3n) is 6.77. The van der Waals surface area contributed by atoms with E-state index in [0.29, 0.717) is 12.2 Å². The lowest BCUT2D eigenvalue weighted by atomic mass is 10.1. The van der Waals surface area contributed by atoms with Crippen LogP contribution in [0.5, 0.6) is 5.75 Å². The van der Waals surface area contributed by atoms with Crippen LogP contribution >= 0.6 is 23.2 Å². The Kier molecular flexibility index (Phi) is 11.1. The molecule has 0 saturated heterocycles. The molecule has 0 bridgehead atoms. The van der Waals surface area contributed by atoms with Crippen molar-refractivity contribution in [1.29, 1.82) is 0 Å². The van der Waals surface area contributed by atoms with Gasteiger partial charge in [0.05, 0.1) is 27.7 Å². The number of hydrogen-bond donors (Lipinski definition) is 1. The second-order valence-electron chi connectivity index (χ2n) is 9.76. The second kappa shape index (κ2) is 14.1. The number of nitrogens with one attached hydrogen (secondary N) is 1. The summed E-state index contributed by atoms with van der Waals surface area (Å²) in [5.74, 6) is -0.311. The lowest BCUT2D eigenvalue weighted by Crippen LogP contribution is -2.52. The fourth-order valence-electron chi connectivity index (χ4n) is 4.01. The van der Waals surface area contributed by atoms with Gasteiger partial charge in [0.2, 0.25) is 11.8 Å². The average Bonchev–Trinajstić information content (AvgIpc) is 2.96. The number of carbonyl (C=O) groups is 2. The molecule has 0 fully saturated rings. The van der Waals surface area contributed by atoms with Crippen LogP contribution in [0.1, 0.15) is 38.3 Å². The Morgan fingerprint density at radius 3 is 2.20 bits per heavy atom. The Morgan fingerprint density at radius 2 is 1.61 bits per heavy atom. The van der Waals surface area contributed by atoms with Gasteiger partial charge in [-0.2, -0.15) is 0 Å². The molecular formula is C30H35Cl2N3O5S. The van der Waals surface area contributed by atoms with Crippen LogP contribution in [-0.4, -0.2) is 50.9 Å². The number of benzene rings is 3. The lowest BCUT2D eigenvalue weighted by Gasteiger charge is -2.32. The topological polar surface area (TPSA) is 96.0 Å². The highest BCUT2D eigenvalue weighted by Gasteiger charge is 2.34. The Hall–Kier alpha value is -3.27. The Labute approximate surface area is 252 Å². The van der Waals surface area contributed by atoms with E-state index in [1.807, 2.05) is 20.8 Å². The smallest absolute Gasteiger partial charge is 0.264 e. The van der Waals surface area contributed by atoms with Crippen molar-refractivity contribution in [3.8, 4) is 5.75 Å². The van der Waals surface area contributed by atoms with Gasteiger partial charge in [0, 0.05) is 12.6 Å². The highest BCUT2D eigenvalue weighted by atomic mass is 35.5. The van der Waals surface area contributed by atoms with Crippen molar-refractivity contribution in [3.05, 3.63) is 87.9 Å². The summed E-state index contributed by atoms with van der Waals surface area (Å²) in [6.07, 6.45) is 0.709. The maximum absolute atomic E-state index is 14.0. The maximum Gasteiger partial charge on any atom is 0.264 e. The molecule has 1 N–H and O–H groups in total. The molecule has 3 aromatic carbocycles. The van der Waals surface area contributed by atoms with Gasteiger partial charge >= 0.3 is 0 Å². The van der Waals surface area contributed by atoms with E-state index in [1.54, 1.807) is 56.5 Å². The van der Waals surface area contributed by atoms with Gasteiger partial charge in [-0.15, -0.1) is 0 Å². The number of anilines is 1. The van der Waals surface area contributed by atoms with E-state index in [-0.39, 0.29) is 39.1 Å². The van der Waals surface area contributed by atoms with Crippen LogP contribution in [0, 0.1) is 6.92 Å². The zero-order valence-corrected chi connectivity index (χ0v) is 26.1. The Bertz CT molecular complexity index is 1460. The summed E-state index contributed by atoms with van der Waals surface area (Å²) in [6, 6.07) is 16.9. The number of halogens is 2. The fourth-order valence-corrected chi connectivity index (χ4v) is 5.89. The molecule has 3 aromatic rings. The molecule has 0 aromatic heterocycles. The Morgan fingerprint density at radius 1 is 0.976 bits per heavy atom. The number of amides is 2. The molecule has 8 nitrogen and oxygen atoms in total. The average molecular weight is 621 g/mol. The first-order valence-corrected chi connectivity index (χ1v) is 15.3. The van der Waals surface area contributed by atoms with E-state index in [4.69, 9.17) is 27.9 Å². The zero-order valence-electron chi connectivity index (χ0n) is 23.7. The molecule has 220 valence electrons. The number of methoxy groups -OCH3 is 1. The van der Waals surface area contributed by atoms with Crippen LogP contribution in [0.4, 0.5) is 5.69 Å². The summed E-state index contributed by atoms with van der Waals surface area (Å²) in [5.41, 5.74) is 1.66. The van der Waals surface area contributed by atoms with Gasteiger partial charge < -0.3 is 15.0 Å². The van der Waals surface area contributed by atoms with Crippen LogP contribution in [-0.2, 0) is 26.2 Å². The van der Waals surface area contributed by atoms with E-state index >= 15 is 0 Å². The van der Waals surface area contributed by atoms with E-state index in [0.717, 1.165) is 15.4 Å². The third kappa shape index (κ3) is 7.93. The molecule has 0 spiro atoms. The minimum Gasteiger partial charge on any atom is -0.497 e. The fraction of sp³-hybridized carbons (Fsp3) is 0.333. The van der Waals surface area contributed by atoms with Crippen LogP contribution in [0.15, 0.2) is 71.6 Å². The third-order valence-corrected chi connectivity index (χ3v) is 9.35. The largest absolute Gasteiger partial charge is 0.497 e. The number of ether oxygens (including phenoxy) is 1. The van der Waals surface area contributed by atoms with Gasteiger partial charge in [-0.3, -0.25) is 13.9 Å². The molecule has 11 heteroatoms. The monoisotopic (exact) mass is 619 g/mol. The highest BCUT2D eigenvalue weighted by Crippen LogP contribution is 2.35. The van der Waals surface area contributed by atoms with Crippen molar-refractivity contribution < 1.29 is 22.7 Å². The predicted molar refractivity (Wildman–Crippen MR) is 163 cm³/mol. The number of rotatable bonds is 12. The summed E-state index contributed by atoms with van der Waals surface area (Å²) in [7, 11) is -2.71. The van der Waals surface area contributed by atoms with Crippen LogP contribution in [0.2, 0.25) is 10.0 Å². The number of carbonyl (C=O) groups excluding carboxylic acids is 2. The molecule has 0 aliphatic carbocycles. The molecule has 0 saturated carbocycles. The first-order chi connectivity index (χ1) is 19.4. The summed E-state index contributed by atoms with van der Waals surface area (Å²) in [6.45, 7) is 6.71. The van der Waals surface area contributed by atoms with Crippen molar-refractivity contribution in [2.75, 3.05) is 18.0 Å². The number of aryl methyl sites for hydroxylation is 1. The van der Waals surface area contributed by atoms with Gasteiger partial charge in [0.25, 0.3) is 10.0 Å². The summed E-state index contributed by atoms with van der Waals surface area (Å²) in [5, 5.41) is 3.03. The predicted octanol–water partition coefficient (Wildman–Crippen LogP) is 5.84. The van der Waals surface area contributed by atoms with Crippen molar-refractivity contribution >= 4 is 50.7 Å². The zero-order chi connectivity index (χ0) is 30.3. The van der Waals surface area contributed by atoms with Gasteiger partial charge in [-0.25, -0.2) is 8.42 Å².